The molecular weight excluding hydrogens is 316 g/mol. The Morgan fingerprint density at radius 2 is 2.32 bits per heavy atom. The Morgan fingerprint density at radius 3 is 3.16 bits per heavy atom. The van der Waals surface area contributed by atoms with Crippen LogP contribution in [0.4, 0.5) is 4.79 Å². The number of carbonyl (C=O) groups excluding carboxylic acids is 1. The van der Waals surface area contributed by atoms with Gasteiger partial charge in [-0.15, -0.1) is 0 Å². The molecule has 1 atom stereocenters. The number of hydrogen-bond acceptors (Lipinski definition) is 3. The molecule has 0 bridgehead atoms. The maximum absolute atomic E-state index is 12.2. The Bertz CT molecular complexity index is 726. The van der Waals surface area contributed by atoms with Crippen LogP contribution in [0.5, 0.6) is 5.75 Å². The summed E-state index contributed by atoms with van der Waals surface area (Å²) in [5.74, 6) is 0.850. The van der Waals surface area contributed by atoms with Crippen molar-refractivity contribution in [2.45, 2.75) is 52.1 Å². The fraction of sp³-hybridized carbons (Fsp3) is 0.474. The van der Waals surface area contributed by atoms with Gasteiger partial charge in [-0.1, -0.05) is 19.1 Å². The van der Waals surface area contributed by atoms with Crippen LogP contribution in [0.3, 0.4) is 0 Å². The average molecular weight is 342 g/mol. The number of H-pyrrole nitrogens is 1. The molecule has 1 aromatic carbocycles. The quantitative estimate of drug-likeness (QED) is 0.755. The molecule has 2 amide bonds. The molecular formula is C19H26N4O2. The topological polar surface area (TPSA) is 79.0 Å². The highest BCUT2D eigenvalue weighted by atomic mass is 16.5. The number of rotatable bonds is 6. The summed E-state index contributed by atoms with van der Waals surface area (Å²) in [5.41, 5.74) is 4.54. The molecule has 1 aliphatic carbocycles. The van der Waals surface area contributed by atoms with E-state index in [-0.39, 0.29) is 12.1 Å². The minimum atomic E-state index is -0.140. The summed E-state index contributed by atoms with van der Waals surface area (Å²) in [4.78, 5) is 12.2. The molecule has 6 nitrogen and oxygen atoms in total. The molecule has 3 rings (SSSR count). The third-order valence-electron chi connectivity index (χ3n) is 4.48. The predicted octanol–water partition coefficient (Wildman–Crippen LogP) is 2.86. The molecule has 0 spiro atoms. The van der Waals surface area contributed by atoms with Gasteiger partial charge in [-0.2, -0.15) is 5.10 Å². The monoisotopic (exact) mass is 342 g/mol. The van der Waals surface area contributed by atoms with Crippen molar-refractivity contribution in [1.82, 2.24) is 20.8 Å². The highest BCUT2D eigenvalue weighted by molar-refractivity contribution is 5.74. The van der Waals surface area contributed by atoms with E-state index in [9.17, 15) is 4.79 Å². The lowest BCUT2D eigenvalue weighted by molar-refractivity contribution is 0.235. The minimum absolute atomic E-state index is 0.140. The van der Waals surface area contributed by atoms with Gasteiger partial charge in [-0.25, -0.2) is 4.79 Å². The lowest BCUT2D eigenvalue weighted by Crippen LogP contribution is -2.44. The van der Waals surface area contributed by atoms with Gasteiger partial charge in [0.2, 0.25) is 0 Å². The first-order chi connectivity index (χ1) is 12.2. The first kappa shape index (κ1) is 17.3. The zero-order valence-corrected chi connectivity index (χ0v) is 14.9. The number of hydrogen-bond donors (Lipinski definition) is 3. The van der Waals surface area contributed by atoms with Crippen LogP contribution < -0.4 is 15.4 Å². The smallest absolute Gasteiger partial charge is 0.315 e. The molecule has 0 saturated heterocycles. The van der Waals surface area contributed by atoms with Crippen molar-refractivity contribution in [3.8, 4) is 5.75 Å². The Labute approximate surface area is 148 Å². The van der Waals surface area contributed by atoms with Gasteiger partial charge in [0.1, 0.15) is 5.75 Å². The van der Waals surface area contributed by atoms with Gasteiger partial charge in [0, 0.05) is 23.8 Å². The van der Waals surface area contributed by atoms with E-state index in [1.807, 2.05) is 31.3 Å². The van der Waals surface area contributed by atoms with Gasteiger partial charge < -0.3 is 15.4 Å². The summed E-state index contributed by atoms with van der Waals surface area (Å²) < 4.78 is 5.80. The Morgan fingerprint density at radius 1 is 1.44 bits per heavy atom. The van der Waals surface area contributed by atoms with Gasteiger partial charge in [-0.05, 0) is 49.8 Å². The minimum Gasteiger partial charge on any atom is -0.493 e. The number of aromatic nitrogens is 2. The van der Waals surface area contributed by atoms with Crippen LogP contribution in [0.2, 0.25) is 0 Å². The summed E-state index contributed by atoms with van der Waals surface area (Å²) in [6, 6.07) is 6.08. The predicted molar refractivity (Wildman–Crippen MR) is 96.7 cm³/mol. The molecule has 0 saturated carbocycles. The number of amides is 2. The molecule has 6 heteroatoms. The summed E-state index contributed by atoms with van der Waals surface area (Å²) in [5, 5.41) is 13.1. The number of aryl methyl sites for hydroxylation is 2. The summed E-state index contributed by atoms with van der Waals surface area (Å²) in [6.45, 7) is 5.25. The fourth-order valence-corrected chi connectivity index (χ4v) is 3.11. The highest BCUT2D eigenvalue weighted by Gasteiger charge is 2.21. The van der Waals surface area contributed by atoms with Gasteiger partial charge in [-0.3, -0.25) is 5.10 Å². The second kappa shape index (κ2) is 8.05. The normalized spacial score (nSPS) is 16.2. The van der Waals surface area contributed by atoms with E-state index >= 15 is 0 Å². The first-order valence-electron chi connectivity index (χ1n) is 8.93. The van der Waals surface area contributed by atoms with Crippen molar-refractivity contribution in [1.29, 1.82) is 0 Å². The fourth-order valence-electron chi connectivity index (χ4n) is 3.11. The van der Waals surface area contributed by atoms with E-state index in [0.29, 0.717) is 13.2 Å². The zero-order chi connectivity index (χ0) is 17.6. The second-order valence-corrected chi connectivity index (χ2v) is 6.60. The Hall–Kier alpha value is -2.50. The summed E-state index contributed by atoms with van der Waals surface area (Å²) >= 11 is 0. The van der Waals surface area contributed by atoms with E-state index < -0.39 is 0 Å². The number of nitrogens with one attached hydrogen (secondary N) is 3. The highest BCUT2D eigenvalue weighted by Crippen LogP contribution is 2.21. The standard InChI is InChI=1S/C19H26N4O2/c1-3-8-25-18-9-13(2)4-5-14(18)11-20-19(24)22-16-6-7-17-15(10-16)12-21-23-17/h4-5,9,12,16H,3,6-8,10-11H2,1-2H3,(H,21,23)(H2,20,22,24)/t16-/m1/s1. The Kier molecular flexibility index (Phi) is 5.58. The third kappa shape index (κ3) is 4.53. The van der Waals surface area contributed by atoms with Crippen LogP contribution in [0, 0.1) is 6.92 Å². The molecule has 1 aromatic heterocycles. The number of urea groups is 1. The van der Waals surface area contributed by atoms with Crippen LogP contribution in [0.1, 0.15) is 42.1 Å². The SMILES string of the molecule is CCCOc1cc(C)ccc1CNC(=O)N[C@@H]1CCc2[nH]ncc2C1. The molecule has 0 fully saturated rings. The van der Waals surface area contributed by atoms with Crippen molar-refractivity contribution in [2.24, 2.45) is 0 Å². The number of ether oxygens (including phenoxy) is 1. The van der Waals surface area contributed by atoms with Crippen LogP contribution >= 0.6 is 0 Å². The number of benzene rings is 1. The maximum atomic E-state index is 12.2. The summed E-state index contributed by atoms with van der Waals surface area (Å²) in [7, 11) is 0. The van der Waals surface area contributed by atoms with Gasteiger partial charge in [0.05, 0.1) is 12.8 Å². The van der Waals surface area contributed by atoms with E-state index in [0.717, 1.165) is 42.6 Å². The van der Waals surface area contributed by atoms with Crippen LogP contribution in [0.15, 0.2) is 24.4 Å². The van der Waals surface area contributed by atoms with Crippen molar-refractivity contribution < 1.29 is 9.53 Å². The lowest BCUT2D eigenvalue weighted by atomic mass is 9.94. The molecule has 134 valence electrons. The molecule has 2 aromatic rings. The number of aromatic amines is 1. The molecule has 3 N–H and O–H groups in total. The van der Waals surface area contributed by atoms with Crippen LogP contribution in [-0.4, -0.2) is 28.9 Å². The molecule has 25 heavy (non-hydrogen) atoms. The van der Waals surface area contributed by atoms with E-state index in [1.165, 1.54) is 11.3 Å². The first-order valence-corrected chi connectivity index (χ1v) is 8.93. The van der Waals surface area contributed by atoms with Crippen LogP contribution in [-0.2, 0) is 19.4 Å². The lowest BCUT2D eigenvalue weighted by Gasteiger charge is -2.23. The zero-order valence-electron chi connectivity index (χ0n) is 14.9. The van der Waals surface area contributed by atoms with Crippen LogP contribution in [0.25, 0.3) is 0 Å². The van der Waals surface area contributed by atoms with E-state index in [2.05, 4.69) is 27.8 Å². The van der Waals surface area contributed by atoms with Crippen molar-refractivity contribution in [3.63, 3.8) is 0 Å². The maximum Gasteiger partial charge on any atom is 0.315 e. The second-order valence-electron chi connectivity index (χ2n) is 6.60. The molecule has 0 radical (unpaired) electrons. The Balaban J connectivity index is 1.52. The molecule has 0 unspecified atom stereocenters. The third-order valence-corrected chi connectivity index (χ3v) is 4.48. The average Bonchev–Trinajstić information content (AvgIpc) is 3.06. The number of nitrogens with zero attached hydrogens (tertiary/aromatic N) is 1. The number of carbonyl (C=O) groups is 1. The largest absolute Gasteiger partial charge is 0.493 e. The van der Waals surface area contributed by atoms with E-state index in [1.54, 1.807) is 0 Å². The molecule has 1 aliphatic rings. The van der Waals surface area contributed by atoms with Crippen molar-refractivity contribution in [2.75, 3.05) is 6.61 Å². The molecule has 0 aliphatic heterocycles. The van der Waals surface area contributed by atoms with Crippen molar-refractivity contribution >= 4 is 6.03 Å². The molecule has 1 heterocycles. The van der Waals surface area contributed by atoms with Gasteiger partial charge >= 0.3 is 6.03 Å². The summed E-state index contributed by atoms with van der Waals surface area (Å²) in [6.07, 6.45) is 5.49. The van der Waals surface area contributed by atoms with Gasteiger partial charge in [0.15, 0.2) is 0 Å². The van der Waals surface area contributed by atoms with Crippen molar-refractivity contribution in [3.05, 3.63) is 46.8 Å². The number of fused-ring (bicyclic) bond motifs is 1. The van der Waals surface area contributed by atoms with E-state index in [4.69, 9.17) is 4.74 Å². The van der Waals surface area contributed by atoms with Gasteiger partial charge in [0.25, 0.3) is 0 Å².